The lowest BCUT2D eigenvalue weighted by Crippen LogP contribution is -2.54. The minimum absolute atomic E-state index is 0.0224. The fourth-order valence-electron chi connectivity index (χ4n) is 6.41. The van der Waals surface area contributed by atoms with E-state index in [1.54, 1.807) is 6.92 Å². The Morgan fingerprint density at radius 2 is 1.32 bits per heavy atom. The van der Waals surface area contributed by atoms with Gasteiger partial charge in [-0.3, -0.25) is 4.79 Å². The summed E-state index contributed by atoms with van der Waals surface area (Å²) < 4.78 is 19.7. The quantitative estimate of drug-likeness (QED) is 0.0903. The van der Waals surface area contributed by atoms with E-state index in [1.807, 2.05) is 25.1 Å². The predicted molar refractivity (Wildman–Crippen MR) is 180 cm³/mol. The van der Waals surface area contributed by atoms with Gasteiger partial charge in [-0.05, 0) is 67.4 Å². The molecule has 3 aromatic rings. The van der Waals surface area contributed by atoms with Gasteiger partial charge in [0.1, 0.15) is 11.2 Å². The van der Waals surface area contributed by atoms with Crippen LogP contribution in [0.3, 0.4) is 0 Å². The Labute approximate surface area is 266 Å². The van der Waals surface area contributed by atoms with Crippen LogP contribution in [0.25, 0.3) is 0 Å². The molecule has 0 amide bonds. The highest BCUT2D eigenvalue weighted by atomic mass is 28.4. The summed E-state index contributed by atoms with van der Waals surface area (Å²) in [5.41, 5.74) is 0.807. The number of aliphatic hydroxyl groups excluding tert-OH is 1. The molecule has 0 aliphatic carbocycles. The highest BCUT2D eigenvalue weighted by molar-refractivity contribution is 6.74. The summed E-state index contributed by atoms with van der Waals surface area (Å²) in [7, 11) is -2.07. The molecular weight excluding hydrogens is 564 g/mol. The van der Waals surface area contributed by atoms with Gasteiger partial charge >= 0.3 is 5.97 Å². The molecule has 0 unspecified atom stereocenters. The number of carbonyl (C=O) groups excluding carboxylic acids is 1. The van der Waals surface area contributed by atoms with Crippen molar-refractivity contribution in [3.05, 3.63) is 108 Å². The molecule has 1 heterocycles. The minimum Gasteiger partial charge on any atom is -0.456 e. The van der Waals surface area contributed by atoms with Gasteiger partial charge in [0.2, 0.25) is 0 Å². The van der Waals surface area contributed by atoms with E-state index >= 15 is 0 Å². The van der Waals surface area contributed by atoms with Crippen molar-refractivity contribution in [2.75, 3.05) is 13.2 Å². The van der Waals surface area contributed by atoms with Crippen molar-refractivity contribution in [1.29, 1.82) is 0 Å². The highest BCUT2D eigenvalue weighted by Crippen LogP contribution is 2.53. The second-order valence-electron chi connectivity index (χ2n) is 14.4. The van der Waals surface area contributed by atoms with Crippen LogP contribution in [0, 0.1) is 11.3 Å². The fourth-order valence-corrected chi connectivity index (χ4v) is 7.46. The Morgan fingerprint density at radius 1 is 0.864 bits per heavy atom. The Bertz CT molecular complexity index is 1260. The van der Waals surface area contributed by atoms with Gasteiger partial charge in [0, 0.05) is 18.6 Å². The van der Waals surface area contributed by atoms with Crippen LogP contribution >= 0.6 is 0 Å². The van der Waals surface area contributed by atoms with Crippen LogP contribution in [0.2, 0.25) is 18.1 Å². The molecule has 1 aliphatic rings. The molecule has 44 heavy (non-hydrogen) atoms. The topological polar surface area (TPSA) is 65.0 Å². The van der Waals surface area contributed by atoms with E-state index < -0.39 is 31.0 Å². The van der Waals surface area contributed by atoms with Crippen molar-refractivity contribution in [3.8, 4) is 0 Å². The van der Waals surface area contributed by atoms with Crippen molar-refractivity contribution in [2.45, 2.75) is 96.2 Å². The zero-order valence-corrected chi connectivity index (χ0v) is 28.9. The molecule has 0 saturated carbocycles. The average Bonchev–Trinajstić information content (AvgIpc) is 3.24. The summed E-state index contributed by atoms with van der Waals surface area (Å²) in [6.45, 7) is 17.9. The maximum atomic E-state index is 12.8. The zero-order valence-electron chi connectivity index (χ0n) is 27.9. The van der Waals surface area contributed by atoms with Gasteiger partial charge in [0.25, 0.3) is 0 Å². The first kappa shape index (κ1) is 34.1. The average molecular weight is 617 g/mol. The number of benzene rings is 3. The van der Waals surface area contributed by atoms with Gasteiger partial charge in [-0.25, -0.2) is 0 Å². The number of cyclic esters (lactones) is 1. The molecule has 0 aromatic heterocycles. The highest BCUT2D eigenvalue weighted by Gasteiger charge is 2.61. The van der Waals surface area contributed by atoms with Crippen LogP contribution in [-0.4, -0.2) is 44.3 Å². The maximum absolute atomic E-state index is 12.8. The summed E-state index contributed by atoms with van der Waals surface area (Å²) in [6, 6.07) is 31.2. The van der Waals surface area contributed by atoms with E-state index in [9.17, 15) is 9.90 Å². The van der Waals surface area contributed by atoms with Crippen molar-refractivity contribution in [3.63, 3.8) is 0 Å². The number of esters is 1. The Kier molecular flexibility index (Phi) is 10.3. The van der Waals surface area contributed by atoms with Gasteiger partial charge < -0.3 is 19.0 Å². The molecule has 0 bridgehead atoms. The monoisotopic (exact) mass is 616 g/mol. The summed E-state index contributed by atoms with van der Waals surface area (Å²) >= 11 is 0. The van der Waals surface area contributed by atoms with Crippen molar-refractivity contribution < 1.29 is 23.8 Å². The Balaban J connectivity index is 1.66. The number of ether oxygens (including phenoxy) is 2. The normalized spacial score (nSPS) is 22.4. The van der Waals surface area contributed by atoms with E-state index in [1.165, 1.54) is 0 Å². The van der Waals surface area contributed by atoms with Crippen molar-refractivity contribution >= 4 is 14.3 Å². The third-order valence-electron chi connectivity index (χ3n) is 10.7. The summed E-state index contributed by atoms with van der Waals surface area (Å²) in [5.74, 6) is -0.286. The number of hydrogen-bond donors (Lipinski definition) is 1. The van der Waals surface area contributed by atoms with E-state index in [0.717, 1.165) is 29.5 Å². The summed E-state index contributed by atoms with van der Waals surface area (Å²) in [4.78, 5) is 12.8. The fraction of sp³-hybridized carbons (Fsp3) is 0.500. The molecule has 3 aromatic carbocycles. The maximum Gasteiger partial charge on any atom is 0.307 e. The smallest absolute Gasteiger partial charge is 0.307 e. The summed E-state index contributed by atoms with van der Waals surface area (Å²) in [6.07, 6.45) is 0.952. The predicted octanol–water partition coefficient (Wildman–Crippen LogP) is 8.51. The SMILES string of the molecule is C[C@H](O)[C@]1(C)OC(=O)C[C@@]1(C)[C@H](CCCOC(c1ccccc1)(c1ccccc1)c1ccccc1)CO[Si](C)(C)C(C)(C)C. The molecule has 5 nitrogen and oxygen atoms in total. The van der Waals surface area contributed by atoms with Crippen LogP contribution in [0.5, 0.6) is 0 Å². The van der Waals surface area contributed by atoms with Gasteiger partial charge in [-0.2, -0.15) is 0 Å². The molecule has 4 atom stereocenters. The van der Waals surface area contributed by atoms with Crippen molar-refractivity contribution in [1.82, 2.24) is 0 Å². The first-order valence-electron chi connectivity index (χ1n) is 16.0. The molecule has 4 rings (SSSR count). The molecular formula is C38H52O5Si. The largest absolute Gasteiger partial charge is 0.456 e. The lowest BCUT2D eigenvalue weighted by molar-refractivity contribution is -0.168. The number of carbonyl (C=O) groups is 1. The number of hydrogen-bond acceptors (Lipinski definition) is 5. The third kappa shape index (κ3) is 6.60. The van der Waals surface area contributed by atoms with Crippen LogP contribution in [-0.2, 0) is 24.3 Å². The van der Waals surface area contributed by atoms with Crippen molar-refractivity contribution in [2.24, 2.45) is 11.3 Å². The lowest BCUT2D eigenvalue weighted by atomic mass is 9.62. The van der Waals surface area contributed by atoms with Crippen LogP contribution in [0.4, 0.5) is 0 Å². The van der Waals surface area contributed by atoms with E-state index in [0.29, 0.717) is 13.2 Å². The molecule has 0 spiro atoms. The Morgan fingerprint density at radius 3 is 1.73 bits per heavy atom. The molecule has 1 fully saturated rings. The summed E-state index contributed by atoms with van der Waals surface area (Å²) in [5, 5.41) is 10.9. The van der Waals surface area contributed by atoms with Gasteiger partial charge in [-0.15, -0.1) is 0 Å². The van der Waals surface area contributed by atoms with Gasteiger partial charge in [0.05, 0.1) is 12.5 Å². The van der Waals surface area contributed by atoms with Crippen LogP contribution in [0.15, 0.2) is 91.0 Å². The van der Waals surface area contributed by atoms with E-state index in [-0.39, 0.29) is 23.3 Å². The first-order chi connectivity index (χ1) is 20.7. The van der Waals surface area contributed by atoms with E-state index in [4.69, 9.17) is 13.9 Å². The molecule has 1 aliphatic heterocycles. The zero-order chi connectivity index (χ0) is 32.2. The number of aliphatic hydroxyl groups is 1. The molecule has 238 valence electrons. The second kappa shape index (κ2) is 13.3. The second-order valence-corrected chi connectivity index (χ2v) is 19.2. The van der Waals surface area contributed by atoms with Gasteiger partial charge in [-0.1, -0.05) is 119 Å². The van der Waals surface area contributed by atoms with E-state index in [2.05, 4.69) is 114 Å². The molecule has 0 radical (unpaired) electrons. The molecule has 1 N–H and O–H groups in total. The molecule has 6 heteroatoms. The van der Waals surface area contributed by atoms with Gasteiger partial charge in [0.15, 0.2) is 8.32 Å². The van der Waals surface area contributed by atoms with Crippen LogP contribution < -0.4 is 0 Å². The Hall–Kier alpha value is -2.77. The minimum atomic E-state index is -2.07. The standard InChI is InChI=1S/C38H52O5Si/c1-29(39)37(6)36(5,27-34(40)43-37)33(28-42-44(7,8)35(2,3)4)25-18-26-41-38(30-19-12-9-13-20-30,31-21-14-10-15-22-31)32-23-16-11-17-24-32/h9-17,19-24,29,33,39H,18,25-28H2,1-8H3/t29-,33+,36-,37-/m0/s1. The van der Waals surface area contributed by atoms with Crippen LogP contribution in [0.1, 0.15) is 77.5 Å². The lowest BCUT2D eigenvalue weighted by Gasteiger charge is -2.47. The molecule has 1 saturated heterocycles. The first-order valence-corrected chi connectivity index (χ1v) is 18.9. The third-order valence-corrected chi connectivity index (χ3v) is 15.2. The number of rotatable bonds is 13.